The van der Waals surface area contributed by atoms with E-state index < -0.39 is 0 Å². The van der Waals surface area contributed by atoms with Crippen LogP contribution in [0.15, 0.2) is 24.3 Å². The van der Waals surface area contributed by atoms with Crippen LogP contribution >= 0.6 is 15.9 Å². The van der Waals surface area contributed by atoms with Gasteiger partial charge in [-0.15, -0.1) is 0 Å². The van der Waals surface area contributed by atoms with Crippen molar-refractivity contribution in [1.82, 2.24) is 5.32 Å². The van der Waals surface area contributed by atoms with Crippen molar-refractivity contribution in [2.75, 3.05) is 27.4 Å². The Balaban J connectivity index is 2.48. The molecule has 5 heteroatoms. The van der Waals surface area contributed by atoms with Crippen LogP contribution in [0.3, 0.4) is 0 Å². The zero-order valence-electron chi connectivity index (χ0n) is 10.6. The average Bonchev–Trinajstić information content (AvgIpc) is 2.43. The molecular formula is C13H18BrNO3. The van der Waals surface area contributed by atoms with Crippen LogP contribution in [-0.4, -0.2) is 39.4 Å². The molecule has 18 heavy (non-hydrogen) atoms. The Hall–Kier alpha value is -0.910. The molecule has 1 aromatic carbocycles. The van der Waals surface area contributed by atoms with Crippen molar-refractivity contribution in [3.63, 3.8) is 0 Å². The van der Waals surface area contributed by atoms with Gasteiger partial charge < -0.3 is 14.8 Å². The smallest absolute Gasteiger partial charge is 0.251 e. The van der Waals surface area contributed by atoms with Gasteiger partial charge in [0.25, 0.3) is 5.91 Å². The Bertz CT molecular complexity index is 367. The van der Waals surface area contributed by atoms with Crippen molar-refractivity contribution in [3.05, 3.63) is 35.4 Å². The maximum Gasteiger partial charge on any atom is 0.251 e. The summed E-state index contributed by atoms with van der Waals surface area (Å²) in [6.07, 6.45) is -0.124. The second kappa shape index (κ2) is 8.24. The van der Waals surface area contributed by atoms with Gasteiger partial charge in [0.1, 0.15) is 0 Å². The highest BCUT2D eigenvalue weighted by atomic mass is 79.9. The Morgan fingerprint density at radius 1 is 1.33 bits per heavy atom. The summed E-state index contributed by atoms with van der Waals surface area (Å²) in [5.74, 6) is -0.103. The van der Waals surface area contributed by atoms with Crippen LogP contribution in [0.5, 0.6) is 0 Å². The molecule has 1 N–H and O–H groups in total. The SMILES string of the molecule is COCC(CNC(=O)c1ccc(CBr)cc1)OC. The van der Waals surface area contributed by atoms with Crippen molar-refractivity contribution in [2.45, 2.75) is 11.4 Å². The van der Waals surface area contributed by atoms with Gasteiger partial charge >= 0.3 is 0 Å². The molecule has 0 aliphatic carbocycles. The van der Waals surface area contributed by atoms with Crippen LogP contribution in [0.25, 0.3) is 0 Å². The molecule has 0 saturated heterocycles. The van der Waals surface area contributed by atoms with E-state index in [1.165, 1.54) is 0 Å². The normalized spacial score (nSPS) is 12.2. The molecule has 100 valence electrons. The number of carbonyl (C=O) groups excluding carboxylic acids is 1. The third kappa shape index (κ3) is 4.76. The topological polar surface area (TPSA) is 47.6 Å². The van der Waals surface area contributed by atoms with Crippen LogP contribution in [0.4, 0.5) is 0 Å². The number of ether oxygens (including phenoxy) is 2. The molecule has 1 aromatic rings. The fourth-order valence-corrected chi connectivity index (χ4v) is 1.82. The molecule has 0 saturated carbocycles. The lowest BCUT2D eigenvalue weighted by Crippen LogP contribution is -2.35. The van der Waals surface area contributed by atoms with Crippen LogP contribution in [0.2, 0.25) is 0 Å². The molecule has 0 radical (unpaired) electrons. The lowest BCUT2D eigenvalue weighted by atomic mass is 10.1. The zero-order chi connectivity index (χ0) is 13.4. The maximum atomic E-state index is 11.8. The number of carbonyl (C=O) groups is 1. The van der Waals surface area contributed by atoms with Crippen LogP contribution < -0.4 is 5.32 Å². The number of alkyl halides is 1. The first-order valence-corrected chi connectivity index (χ1v) is 6.78. The van der Waals surface area contributed by atoms with Gasteiger partial charge in [0.2, 0.25) is 0 Å². The summed E-state index contributed by atoms with van der Waals surface area (Å²) in [7, 11) is 3.20. The Kier molecular flexibility index (Phi) is 6.93. The number of nitrogens with one attached hydrogen (secondary N) is 1. The van der Waals surface area contributed by atoms with E-state index in [9.17, 15) is 4.79 Å². The molecule has 0 heterocycles. The molecule has 0 aromatic heterocycles. The Morgan fingerprint density at radius 2 is 2.00 bits per heavy atom. The number of hydrogen-bond acceptors (Lipinski definition) is 3. The van der Waals surface area contributed by atoms with E-state index in [4.69, 9.17) is 9.47 Å². The summed E-state index contributed by atoms with van der Waals surface area (Å²) in [6.45, 7) is 0.892. The van der Waals surface area contributed by atoms with E-state index in [-0.39, 0.29) is 12.0 Å². The van der Waals surface area contributed by atoms with Crippen molar-refractivity contribution >= 4 is 21.8 Å². The highest BCUT2D eigenvalue weighted by Gasteiger charge is 2.10. The molecule has 4 nitrogen and oxygen atoms in total. The molecular weight excluding hydrogens is 298 g/mol. The lowest BCUT2D eigenvalue weighted by molar-refractivity contribution is 0.0285. The summed E-state index contributed by atoms with van der Waals surface area (Å²) in [6, 6.07) is 7.47. The van der Waals surface area contributed by atoms with Crippen molar-refractivity contribution < 1.29 is 14.3 Å². The van der Waals surface area contributed by atoms with Gasteiger partial charge in [-0.25, -0.2) is 0 Å². The molecule has 1 unspecified atom stereocenters. The van der Waals surface area contributed by atoms with Crippen molar-refractivity contribution in [1.29, 1.82) is 0 Å². The first-order chi connectivity index (χ1) is 8.71. The Labute approximate surface area is 116 Å². The van der Waals surface area contributed by atoms with E-state index in [1.807, 2.05) is 24.3 Å². The largest absolute Gasteiger partial charge is 0.382 e. The average molecular weight is 316 g/mol. The predicted molar refractivity (Wildman–Crippen MR) is 74.1 cm³/mol. The predicted octanol–water partition coefficient (Wildman–Crippen LogP) is 1.97. The maximum absolute atomic E-state index is 11.8. The molecule has 1 atom stereocenters. The van der Waals surface area contributed by atoms with Crippen molar-refractivity contribution in [2.24, 2.45) is 0 Å². The molecule has 0 aliphatic rings. The first kappa shape index (κ1) is 15.1. The van der Waals surface area contributed by atoms with E-state index in [0.717, 1.165) is 10.9 Å². The number of benzene rings is 1. The van der Waals surface area contributed by atoms with Gasteiger partial charge in [0.15, 0.2) is 0 Å². The molecule has 1 amide bonds. The lowest BCUT2D eigenvalue weighted by Gasteiger charge is -2.15. The first-order valence-electron chi connectivity index (χ1n) is 5.66. The number of rotatable bonds is 7. The van der Waals surface area contributed by atoms with E-state index in [0.29, 0.717) is 18.7 Å². The van der Waals surface area contributed by atoms with E-state index >= 15 is 0 Å². The second-order valence-corrected chi connectivity index (χ2v) is 4.41. The van der Waals surface area contributed by atoms with Gasteiger partial charge in [-0.1, -0.05) is 28.1 Å². The van der Waals surface area contributed by atoms with Crippen LogP contribution in [0, 0.1) is 0 Å². The van der Waals surface area contributed by atoms with Gasteiger partial charge in [-0.2, -0.15) is 0 Å². The Morgan fingerprint density at radius 3 is 2.50 bits per heavy atom. The quantitative estimate of drug-likeness (QED) is 0.783. The van der Waals surface area contributed by atoms with Crippen LogP contribution in [0.1, 0.15) is 15.9 Å². The highest BCUT2D eigenvalue weighted by molar-refractivity contribution is 9.08. The van der Waals surface area contributed by atoms with Crippen molar-refractivity contribution in [3.8, 4) is 0 Å². The zero-order valence-corrected chi connectivity index (χ0v) is 12.2. The molecule has 0 fully saturated rings. The summed E-state index contributed by atoms with van der Waals surface area (Å²) in [5, 5.41) is 3.60. The van der Waals surface area contributed by atoms with Gasteiger partial charge in [0.05, 0.1) is 12.7 Å². The van der Waals surface area contributed by atoms with E-state index in [1.54, 1.807) is 14.2 Å². The third-order valence-corrected chi connectivity index (χ3v) is 3.19. The number of hydrogen-bond donors (Lipinski definition) is 1. The fourth-order valence-electron chi connectivity index (χ4n) is 1.45. The minimum Gasteiger partial charge on any atom is -0.382 e. The minimum absolute atomic E-state index is 0.103. The molecule has 0 bridgehead atoms. The summed E-state index contributed by atoms with van der Waals surface area (Å²) < 4.78 is 10.1. The molecule has 0 spiro atoms. The monoisotopic (exact) mass is 315 g/mol. The standard InChI is InChI=1S/C13H18BrNO3/c1-17-9-12(18-2)8-15-13(16)11-5-3-10(7-14)4-6-11/h3-6,12H,7-9H2,1-2H3,(H,15,16). The third-order valence-electron chi connectivity index (χ3n) is 2.55. The number of methoxy groups -OCH3 is 2. The van der Waals surface area contributed by atoms with E-state index in [2.05, 4.69) is 21.2 Å². The highest BCUT2D eigenvalue weighted by Crippen LogP contribution is 2.07. The van der Waals surface area contributed by atoms with Gasteiger partial charge in [0, 0.05) is 31.7 Å². The second-order valence-electron chi connectivity index (χ2n) is 3.85. The molecule has 0 aliphatic heterocycles. The summed E-state index contributed by atoms with van der Waals surface area (Å²) in [4.78, 5) is 11.8. The van der Waals surface area contributed by atoms with Crippen LogP contribution in [-0.2, 0) is 14.8 Å². The van der Waals surface area contributed by atoms with Gasteiger partial charge in [-0.05, 0) is 17.7 Å². The summed E-state index contributed by atoms with van der Waals surface area (Å²) in [5.41, 5.74) is 1.78. The minimum atomic E-state index is -0.124. The van der Waals surface area contributed by atoms with Gasteiger partial charge in [-0.3, -0.25) is 4.79 Å². The summed E-state index contributed by atoms with van der Waals surface area (Å²) >= 11 is 3.36. The fraction of sp³-hybridized carbons (Fsp3) is 0.462. The molecule has 1 rings (SSSR count). The number of halogens is 1. The number of amides is 1.